The Hall–Kier alpha value is -0.780. The molecule has 3 nitrogen and oxygen atoms in total. The van der Waals surface area contributed by atoms with E-state index in [-0.39, 0.29) is 0 Å². The molecule has 0 aliphatic carbocycles. The maximum atomic E-state index is 5.47. The van der Waals surface area contributed by atoms with Crippen LogP contribution < -0.4 is 11.6 Å². The van der Waals surface area contributed by atoms with E-state index in [2.05, 4.69) is 27.7 Å². The minimum Gasteiger partial charge on any atom is -0.382 e. The number of benzene rings is 1. The molecule has 0 amide bonds. The summed E-state index contributed by atoms with van der Waals surface area (Å²) < 4.78 is 1.16. The molecule has 4 heteroatoms. The average molecular weight is 261 g/mol. The molecule has 0 radical (unpaired) electrons. The van der Waals surface area contributed by atoms with E-state index in [1.165, 1.54) is 0 Å². The summed E-state index contributed by atoms with van der Waals surface area (Å²) in [6.45, 7) is 0. The summed E-state index contributed by atoms with van der Waals surface area (Å²) in [6.07, 6.45) is 0. The summed E-state index contributed by atoms with van der Waals surface area (Å²) in [7, 11) is 0. The van der Waals surface area contributed by atoms with E-state index in [0.717, 1.165) is 9.13 Å². The van der Waals surface area contributed by atoms with Crippen LogP contribution in [0.2, 0.25) is 0 Å². The Morgan fingerprint density at radius 3 is 2.27 bits per heavy atom. The van der Waals surface area contributed by atoms with Crippen molar-refractivity contribution in [3.05, 3.63) is 33.4 Å². The fourth-order valence-electron chi connectivity index (χ4n) is 0.695. The van der Waals surface area contributed by atoms with Crippen molar-refractivity contribution in [2.45, 2.75) is 0 Å². The van der Waals surface area contributed by atoms with Gasteiger partial charge in [-0.3, -0.25) is 0 Å². The number of halogens is 1. The maximum absolute atomic E-state index is 5.47. The fourth-order valence-corrected chi connectivity index (χ4v) is 1.05. The largest absolute Gasteiger partial charge is 0.382 e. The highest BCUT2D eigenvalue weighted by molar-refractivity contribution is 14.1. The van der Waals surface area contributed by atoms with Gasteiger partial charge in [0.05, 0.1) is 0 Å². The molecule has 0 fully saturated rings. The zero-order valence-electron chi connectivity index (χ0n) is 5.79. The zero-order chi connectivity index (χ0) is 8.27. The molecule has 0 spiro atoms. The Morgan fingerprint density at radius 1 is 1.27 bits per heavy atom. The summed E-state index contributed by atoms with van der Waals surface area (Å²) in [5.41, 5.74) is 6.32. The van der Waals surface area contributed by atoms with E-state index < -0.39 is 0 Å². The Morgan fingerprint density at radius 2 is 1.82 bits per heavy atom. The van der Waals surface area contributed by atoms with Crippen LogP contribution in [-0.4, -0.2) is 5.84 Å². The van der Waals surface area contributed by atoms with Crippen LogP contribution in [0.25, 0.3) is 0 Å². The Bertz CT molecular complexity index is 266. The normalized spacial score (nSPS) is 11.5. The Labute approximate surface area is 78.6 Å². The topological polar surface area (TPSA) is 64.4 Å². The molecule has 0 unspecified atom stereocenters. The van der Waals surface area contributed by atoms with Gasteiger partial charge in [0.25, 0.3) is 0 Å². The van der Waals surface area contributed by atoms with Crippen molar-refractivity contribution in [1.82, 2.24) is 0 Å². The van der Waals surface area contributed by atoms with Crippen LogP contribution in [0.5, 0.6) is 0 Å². The summed E-state index contributed by atoms with van der Waals surface area (Å²) in [5.74, 6) is 5.37. The second-order valence-corrected chi connectivity index (χ2v) is 3.27. The first-order chi connectivity index (χ1) is 5.24. The monoisotopic (exact) mass is 261 g/mol. The van der Waals surface area contributed by atoms with Gasteiger partial charge in [0.1, 0.15) is 5.84 Å². The van der Waals surface area contributed by atoms with Crippen molar-refractivity contribution in [3.63, 3.8) is 0 Å². The zero-order valence-corrected chi connectivity index (χ0v) is 7.95. The van der Waals surface area contributed by atoms with Crippen molar-refractivity contribution >= 4 is 28.4 Å². The van der Waals surface area contributed by atoms with Crippen LogP contribution in [0.4, 0.5) is 0 Å². The lowest BCUT2D eigenvalue weighted by atomic mass is 10.2. The second-order valence-electron chi connectivity index (χ2n) is 2.02. The smallest absolute Gasteiger partial charge is 0.150 e. The highest BCUT2D eigenvalue weighted by Gasteiger charge is 1.95. The Balaban J connectivity index is 2.99. The molecule has 1 rings (SSSR count). The molecule has 0 heterocycles. The lowest BCUT2D eigenvalue weighted by molar-refractivity contribution is 1.23. The highest BCUT2D eigenvalue weighted by atomic mass is 127. The van der Waals surface area contributed by atoms with Gasteiger partial charge in [-0.05, 0) is 34.7 Å². The van der Waals surface area contributed by atoms with Gasteiger partial charge in [0, 0.05) is 9.13 Å². The fraction of sp³-hybridized carbons (Fsp3) is 0. The third kappa shape index (κ3) is 2.07. The molecule has 0 aliphatic heterocycles. The van der Waals surface area contributed by atoms with Gasteiger partial charge in [-0.1, -0.05) is 12.1 Å². The van der Waals surface area contributed by atoms with Crippen molar-refractivity contribution in [3.8, 4) is 0 Å². The van der Waals surface area contributed by atoms with Crippen LogP contribution in [0.15, 0.2) is 29.4 Å². The molecule has 0 atom stereocenters. The van der Waals surface area contributed by atoms with Crippen LogP contribution in [-0.2, 0) is 0 Å². The van der Waals surface area contributed by atoms with E-state index in [4.69, 9.17) is 11.6 Å². The molecule has 0 saturated heterocycles. The molecular formula is C7H8IN3. The van der Waals surface area contributed by atoms with E-state index in [1.807, 2.05) is 24.3 Å². The average Bonchev–Trinajstić information content (AvgIpc) is 2.05. The van der Waals surface area contributed by atoms with E-state index in [9.17, 15) is 0 Å². The first-order valence-corrected chi connectivity index (χ1v) is 4.11. The molecule has 0 aliphatic rings. The number of nitrogens with zero attached hydrogens (tertiary/aromatic N) is 1. The molecule has 58 valence electrons. The Kier molecular flexibility index (Phi) is 2.70. The summed E-state index contributed by atoms with van der Waals surface area (Å²) >= 11 is 2.22. The minimum absolute atomic E-state index is 0.362. The molecule has 11 heavy (non-hydrogen) atoms. The molecule has 1 aromatic carbocycles. The first-order valence-electron chi connectivity index (χ1n) is 3.03. The minimum atomic E-state index is 0.362. The molecule has 0 aromatic heterocycles. The van der Waals surface area contributed by atoms with Crippen molar-refractivity contribution < 1.29 is 0 Å². The maximum Gasteiger partial charge on any atom is 0.150 e. The number of amidine groups is 1. The summed E-state index contributed by atoms with van der Waals surface area (Å²) in [4.78, 5) is 0. The molecule has 0 bridgehead atoms. The van der Waals surface area contributed by atoms with Crippen LogP contribution >= 0.6 is 22.6 Å². The van der Waals surface area contributed by atoms with Crippen molar-refractivity contribution in [2.75, 3.05) is 0 Å². The van der Waals surface area contributed by atoms with Gasteiger partial charge < -0.3 is 11.6 Å². The third-order valence-corrected chi connectivity index (χ3v) is 2.00. The van der Waals surface area contributed by atoms with E-state index in [1.54, 1.807) is 0 Å². The summed E-state index contributed by atoms with van der Waals surface area (Å²) in [6, 6.07) is 7.67. The van der Waals surface area contributed by atoms with Crippen LogP contribution in [0.3, 0.4) is 0 Å². The van der Waals surface area contributed by atoms with Gasteiger partial charge in [-0.2, -0.15) is 5.10 Å². The van der Waals surface area contributed by atoms with Gasteiger partial charge in [-0.25, -0.2) is 0 Å². The van der Waals surface area contributed by atoms with Crippen LogP contribution in [0.1, 0.15) is 5.56 Å². The van der Waals surface area contributed by atoms with Crippen molar-refractivity contribution in [1.29, 1.82) is 0 Å². The number of hydrazone groups is 1. The van der Waals surface area contributed by atoms with Crippen molar-refractivity contribution in [2.24, 2.45) is 16.7 Å². The quantitative estimate of drug-likeness (QED) is 0.259. The number of rotatable bonds is 1. The first kappa shape index (κ1) is 8.32. The van der Waals surface area contributed by atoms with Gasteiger partial charge in [0.2, 0.25) is 0 Å². The SMILES string of the molecule is NN=C(N)c1ccc(I)cc1. The lowest BCUT2D eigenvalue weighted by Gasteiger charge is -1.97. The predicted octanol–water partition coefficient (Wildman–Crippen LogP) is 0.870. The predicted molar refractivity (Wildman–Crippen MR) is 54.1 cm³/mol. The third-order valence-electron chi connectivity index (χ3n) is 1.28. The van der Waals surface area contributed by atoms with Gasteiger partial charge in [0.15, 0.2) is 0 Å². The second kappa shape index (κ2) is 3.56. The number of hydrogen-bond acceptors (Lipinski definition) is 2. The summed E-state index contributed by atoms with van der Waals surface area (Å²) in [5, 5.41) is 3.38. The lowest BCUT2D eigenvalue weighted by Crippen LogP contribution is -2.15. The van der Waals surface area contributed by atoms with E-state index >= 15 is 0 Å². The standard InChI is InChI=1S/C7H8IN3/c8-6-3-1-5(2-4-6)7(9)11-10/h1-4H,10H2,(H2,9,11). The number of hydrogen-bond donors (Lipinski definition) is 2. The highest BCUT2D eigenvalue weighted by Crippen LogP contribution is 2.05. The van der Waals surface area contributed by atoms with Crippen LogP contribution in [0, 0.1) is 3.57 Å². The molecule has 1 aromatic rings. The molecular weight excluding hydrogens is 253 g/mol. The molecule has 4 N–H and O–H groups in total. The van der Waals surface area contributed by atoms with Gasteiger partial charge >= 0.3 is 0 Å². The number of nitrogens with two attached hydrogens (primary N) is 2. The van der Waals surface area contributed by atoms with Gasteiger partial charge in [-0.15, -0.1) is 0 Å². The van der Waals surface area contributed by atoms with E-state index in [0.29, 0.717) is 5.84 Å². The molecule has 0 saturated carbocycles.